The highest BCUT2D eigenvalue weighted by atomic mass is 32.1. The normalized spacial score (nSPS) is 16.7. The first kappa shape index (κ1) is 31.8. The SMILES string of the molecule is Cc1cnc(-c2cc(OCC3CCN(C(O)OC(C)(C)C)CC3)cc(C(=O)N[C@H](C)c3cnc(C(F)(F)F)nc3)c2)s1. The first-order valence-electron chi connectivity index (χ1n) is 13.7. The van der Waals surface area contributed by atoms with Gasteiger partial charge in [0, 0.05) is 53.2 Å². The van der Waals surface area contributed by atoms with Gasteiger partial charge in [-0.25, -0.2) is 15.0 Å². The zero-order valence-electron chi connectivity index (χ0n) is 24.2. The molecule has 42 heavy (non-hydrogen) atoms. The highest BCUT2D eigenvalue weighted by molar-refractivity contribution is 7.14. The van der Waals surface area contributed by atoms with Crippen LogP contribution >= 0.6 is 11.3 Å². The van der Waals surface area contributed by atoms with Gasteiger partial charge in [0.05, 0.1) is 18.2 Å². The van der Waals surface area contributed by atoms with E-state index >= 15 is 0 Å². The Morgan fingerprint density at radius 1 is 1.12 bits per heavy atom. The molecule has 2 atom stereocenters. The summed E-state index contributed by atoms with van der Waals surface area (Å²) in [5, 5.41) is 13.9. The Hall–Kier alpha value is -3.13. The van der Waals surface area contributed by atoms with E-state index in [1.165, 1.54) is 11.3 Å². The predicted octanol–water partition coefficient (Wildman–Crippen LogP) is 5.60. The van der Waals surface area contributed by atoms with Crippen molar-refractivity contribution in [3.63, 3.8) is 0 Å². The predicted molar refractivity (Wildman–Crippen MR) is 152 cm³/mol. The van der Waals surface area contributed by atoms with Crippen molar-refractivity contribution in [3.8, 4) is 16.3 Å². The van der Waals surface area contributed by atoms with E-state index in [9.17, 15) is 23.1 Å². The van der Waals surface area contributed by atoms with Gasteiger partial charge in [0.25, 0.3) is 5.91 Å². The summed E-state index contributed by atoms with van der Waals surface area (Å²) in [6.07, 6.45) is -0.0948. The number of benzene rings is 1. The minimum absolute atomic E-state index is 0.255. The number of ether oxygens (including phenoxy) is 2. The van der Waals surface area contributed by atoms with Gasteiger partial charge in [0.2, 0.25) is 12.2 Å². The molecule has 1 fully saturated rings. The Morgan fingerprint density at radius 3 is 2.36 bits per heavy atom. The third kappa shape index (κ3) is 8.69. The number of thiazole rings is 1. The number of aliphatic hydroxyl groups excluding tert-OH is 1. The molecule has 1 unspecified atom stereocenters. The molecule has 1 aliphatic rings. The molecule has 3 heterocycles. The van der Waals surface area contributed by atoms with Gasteiger partial charge in [-0.3, -0.25) is 9.69 Å². The number of carbonyl (C=O) groups excluding carboxylic acids is 1. The van der Waals surface area contributed by atoms with Crippen LogP contribution in [0, 0.1) is 12.8 Å². The van der Waals surface area contributed by atoms with Crippen molar-refractivity contribution in [2.75, 3.05) is 19.7 Å². The second-order valence-electron chi connectivity index (χ2n) is 11.4. The van der Waals surface area contributed by atoms with Gasteiger partial charge in [0.15, 0.2) is 0 Å². The number of aromatic nitrogens is 3. The molecule has 1 amide bonds. The third-order valence-corrected chi connectivity index (χ3v) is 7.68. The number of aryl methyl sites for hydroxylation is 1. The van der Waals surface area contributed by atoms with Gasteiger partial charge >= 0.3 is 6.18 Å². The number of aliphatic hydroxyl groups is 1. The molecule has 9 nitrogen and oxygen atoms in total. The molecule has 2 N–H and O–H groups in total. The van der Waals surface area contributed by atoms with E-state index in [0.29, 0.717) is 36.6 Å². The highest BCUT2D eigenvalue weighted by Crippen LogP contribution is 2.31. The molecule has 1 saturated heterocycles. The van der Waals surface area contributed by atoms with Gasteiger partial charge in [-0.1, -0.05) is 0 Å². The Bertz CT molecular complexity index is 1350. The van der Waals surface area contributed by atoms with E-state index in [-0.39, 0.29) is 5.92 Å². The van der Waals surface area contributed by atoms with E-state index < -0.39 is 36.0 Å². The molecule has 13 heteroatoms. The molecule has 1 aromatic carbocycles. The van der Waals surface area contributed by atoms with Gasteiger partial charge in [-0.05, 0) is 71.6 Å². The van der Waals surface area contributed by atoms with Crippen molar-refractivity contribution in [2.24, 2.45) is 5.92 Å². The number of nitrogens with one attached hydrogen (secondary N) is 1. The summed E-state index contributed by atoms with van der Waals surface area (Å²) in [6, 6.07) is 4.56. The van der Waals surface area contributed by atoms with Crippen LogP contribution in [-0.2, 0) is 10.9 Å². The maximum atomic E-state index is 13.3. The highest BCUT2D eigenvalue weighted by Gasteiger charge is 2.34. The fourth-order valence-corrected chi connectivity index (χ4v) is 5.19. The maximum absolute atomic E-state index is 13.3. The van der Waals surface area contributed by atoms with Crippen LogP contribution in [0.5, 0.6) is 5.75 Å². The van der Waals surface area contributed by atoms with Gasteiger partial charge in [-0.15, -0.1) is 11.3 Å². The lowest BCUT2D eigenvalue weighted by atomic mass is 9.98. The summed E-state index contributed by atoms with van der Waals surface area (Å²) in [5.74, 6) is -0.901. The molecule has 4 rings (SSSR count). The number of alkyl halides is 3. The van der Waals surface area contributed by atoms with Crippen LogP contribution in [-0.4, -0.2) is 62.6 Å². The second-order valence-corrected chi connectivity index (χ2v) is 12.6. The molecule has 0 saturated carbocycles. The molecule has 0 spiro atoms. The van der Waals surface area contributed by atoms with Crippen molar-refractivity contribution in [2.45, 2.75) is 71.7 Å². The van der Waals surface area contributed by atoms with Crippen LogP contribution in [0.2, 0.25) is 0 Å². The Balaban J connectivity index is 1.44. The topological polar surface area (TPSA) is 110 Å². The molecule has 2 aromatic heterocycles. The summed E-state index contributed by atoms with van der Waals surface area (Å²) < 4.78 is 50.3. The molecule has 0 radical (unpaired) electrons. The number of rotatable bonds is 9. The summed E-state index contributed by atoms with van der Waals surface area (Å²) in [7, 11) is 0. The fourth-order valence-electron chi connectivity index (χ4n) is 4.44. The number of nitrogens with zero attached hydrogens (tertiary/aromatic N) is 4. The third-order valence-electron chi connectivity index (χ3n) is 6.72. The number of amides is 1. The summed E-state index contributed by atoms with van der Waals surface area (Å²) >= 11 is 1.49. The Kier molecular flexibility index (Phi) is 9.86. The number of hydrogen-bond donors (Lipinski definition) is 2. The van der Waals surface area contributed by atoms with Gasteiger partial charge < -0.3 is 19.9 Å². The average Bonchev–Trinajstić information content (AvgIpc) is 3.37. The lowest BCUT2D eigenvalue weighted by Crippen LogP contribution is -2.46. The number of halogens is 3. The molecule has 0 aliphatic carbocycles. The Morgan fingerprint density at radius 2 is 1.79 bits per heavy atom. The zero-order chi connectivity index (χ0) is 30.7. The largest absolute Gasteiger partial charge is 0.493 e. The van der Waals surface area contributed by atoms with Crippen LogP contribution in [0.3, 0.4) is 0 Å². The van der Waals surface area contributed by atoms with E-state index in [4.69, 9.17) is 9.47 Å². The van der Waals surface area contributed by atoms with Crippen molar-refractivity contribution in [1.82, 2.24) is 25.2 Å². The number of likely N-dealkylation sites (tertiary alicyclic amines) is 1. The van der Waals surface area contributed by atoms with E-state index in [2.05, 4.69) is 20.3 Å². The number of carbonyl (C=O) groups is 1. The summed E-state index contributed by atoms with van der Waals surface area (Å²) in [5.41, 5.74) is 0.933. The van der Waals surface area contributed by atoms with Crippen molar-refractivity contribution < 1.29 is 32.5 Å². The van der Waals surface area contributed by atoms with Crippen LogP contribution in [0.25, 0.3) is 10.6 Å². The smallest absolute Gasteiger partial charge is 0.451 e. The van der Waals surface area contributed by atoms with Crippen molar-refractivity contribution in [3.05, 3.63) is 58.6 Å². The first-order chi connectivity index (χ1) is 19.7. The minimum atomic E-state index is -4.64. The standard InChI is InChI=1S/C29H36F3N5O4S/c1-17-13-33-25(42-17)21-10-20(24(38)36-18(2)22-14-34-26(35-15-22)29(30,31)32)11-23(12-21)40-16-19-6-8-37(9-7-19)27(39)41-28(3,4)5/h10-15,18-19,27,39H,6-9,16H2,1-5H3,(H,36,38)/t18-,27?/m1/s1. The quantitative estimate of drug-likeness (QED) is 0.303. The van der Waals surface area contributed by atoms with Crippen molar-refractivity contribution in [1.29, 1.82) is 0 Å². The van der Waals surface area contributed by atoms with Crippen LogP contribution < -0.4 is 10.1 Å². The van der Waals surface area contributed by atoms with Gasteiger partial charge in [-0.2, -0.15) is 13.2 Å². The molecular formula is C29H36F3N5O4S. The molecular weight excluding hydrogens is 571 g/mol. The lowest BCUT2D eigenvalue weighted by Gasteiger charge is -2.37. The number of piperidine rings is 1. The van der Waals surface area contributed by atoms with Crippen LogP contribution in [0.4, 0.5) is 13.2 Å². The molecule has 1 aliphatic heterocycles. The van der Waals surface area contributed by atoms with Crippen LogP contribution in [0.1, 0.15) is 73.2 Å². The maximum Gasteiger partial charge on any atom is 0.451 e. The minimum Gasteiger partial charge on any atom is -0.493 e. The fraction of sp³-hybridized carbons (Fsp3) is 0.517. The monoisotopic (exact) mass is 607 g/mol. The van der Waals surface area contributed by atoms with E-state index in [0.717, 1.165) is 40.7 Å². The van der Waals surface area contributed by atoms with Crippen molar-refractivity contribution >= 4 is 17.2 Å². The Labute approximate surface area is 247 Å². The average molecular weight is 608 g/mol. The molecule has 3 aromatic rings. The summed E-state index contributed by atoms with van der Waals surface area (Å²) in [6.45, 7) is 11.1. The molecule has 0 bridgehead atoms. The first-order valence-corrected chi connectivity index (χ1v) is 14.5. The second kappa shape index (κ2) is 13.0. The van der Waals surface area contributed by atoms with Crippen LogP contribution in [0.15, 0.2) is 36.8 Å². The van der Waals surface area contributed by atoms with E-state index in [1.807, 2.05) is 38.7 Å². The lowest BCUT2D eigenvalue weighted by molar-refractivity contribution is -0.243. The number of hydrogen-bond acceptors (Lipinski definition) is 9. The van der Waals surface area contributed by atoms with Gasteiger partial charge in [0.1, 0.15) is 10.8 Å². The summed E-state index contributed by atoms with van der Waals surface area (Å²) in [4.78, 5) is 27.4. The zero-order valence-corrected chi connectivity index (χ0v) is 25.1. The molecule has 228 valence electrons. The van der Waals surface area contributed by atoms with E-state index in [1.54, 1.807) is 25.3 Å².